The molecule has 4 rings (SSSR count). The molecule has 0 saturated carbocycles. The van der Waals surface area contributed by atoms with Crippen molar-refractivity contribution < 1.29 is 13.6 Å². The highest BCUT2D eigenvalue weighted by molar-refractivity contribution is 5.87. The SMILES string of the molecule is CN1CCN(Cc2ccncc2)C(=O)C12CCN(Cc1ccc(F)c(F)c1)CC2. The molecule has 0 N–H and O–H groups in total. The van der Waals surface area contributed by atoms with Gasteiger partial charge in [0.1, 0.15) is 5.54 Å². The number of pyridine rings is 1. The number of piperazine rings is 1. The quantitative estimate of drug-likeness (QED) is 0.791. The number of nitrogens with zero attached hydrogens (tertiary/aromatic N) is 4. The van der Waals surface area contributed by atoms with E-state index in [1.165, 1.54) is 12.1 Å². The predicted molar refractivity (Wildman–Crippen MR) is 106 cm³/mol. The molecule has 2 fully saturated rings. The van der Waals surface area contributed by atoms with E-state index in [4.69, 9.17) is 0 Å². The number of amides is 1. The van der Waals surface area contributed by atoms with Gasteiger partial charge in [-0.25, -0.2) is 8.78 Å². The lowest BCUT2D eigenvalue weighted by molar-refractivity contribution is -0.155. The molecule has 2 aromatic rings. The molecule has 1 aromatic carbocycles. The van der Waals surface area contributed by atoms with Gasteiger partial charge in [-0.3, -0.25) is 19.6 Å². The van der Waals surface area contributed by atoms with Gasteiger partial charge in [0.05, 0.1) is 0 Å². The Kier molecular flexibility index (Phi) is 5.61. The standard InChI is InChI=1S/C22H26F2N4O/c1-26-12-13-28(16-17-4-8-25-9-5-17)21(29)22(26)6-10-27(11-7-22)15-18-2-3-19(23)20(24)14-18/h2-5,8-9,14H,6-7,10-13,15-16H2,1H3. The lowest BCUT2D eigenvalue weighted by Gasteiger charge is -2.51. The highest BCUT2D eigenvalue weighted by Gasteiger charge is 2.49. The Labute approximate surface area is 169 Å². The van der Waals surface area contributed by atoms with Crippen molar-refractivity contribution in [1.29, 1.82) is 0 Å². The Morgan fingerprint density at radius 1 is 0.931 bits per heavy atom. The smallest absolute Gasteiger partial charge is 0.243 e. The summed E-state index contributed by atoms with van der Waals surface area (Å²) in [6, 6.07) is 7.95. The number of rotatable bonds is 4. The summed E-state index contributed by atoms with van der Waals surface area (Å²) >= 11 is 0. The van der Waals surface area contributed by atoms with Crippen LogP contribution in [-0.4, -0.2) is 64.4 Å². The summed E-state index contributed by atoms with van der Waals surface area (Å²) in [7, 11) is 2.03. The van der Waals surface area contributed by atoms with Crippen molar-refractivity contribution >= 4 is 5.91 Å². The topological polar surface area (TPSA) is 39.7 Å². The van der Waals surface area contributed by atoms with Crippen LogP contribution in [0.4, 0.5) is 8.78 Å². The summed E-state index contributed by atoms with van der Waals surface area (Å²) in [6.45, 7) is 4.23. The number of piperidine rings is 1. The van der Waals surface area contributed by atoms with Gasteiger partial charge in [0.25, 0.3) is 0 Å². The molecule has 1 aromatic heterocycles. The minimum absolute atomic E-state index is 0.190. The Morgan fingerprint density at radius 3 is 2.34 bits per heavy atom. The molecular weight excluding hydrogens is 374 g/mol. The van der Waals surface area contributed by atoms with Gasteiger partial charge >= 0.3 is 0 Å². The number of aromatic nitrogens is 1. The molecule has 0 bridgehead atoms. The molecule has 0 aliphatic carbocycles. The van der Waals surface area contributed by atoms with Gasteiger partial charge in [-0.1, -0.05) is 6.07 Å². The monoisotopic (exact) mass is 400 g/mol. The van der Waals surface area contributed by atoms with E-state index in [0.717, 1.165) is 50.1 Å². The molecule has 1 amide bonds. The average Bonchev–Trinajstić information content (AvgIpc) is 2.73. The van der Waals surface area contributed by atoms with Gasteiger partial charge in [-0.2, -0.15) is 0 Å². The van der Waals surface area contributed by atoms with E-state index in [1.54, 1.807) is 18.5 Å². The summed E-state index contributed by atoms with van der Waals surface area (Å²) in [5.41, 5.74) is 1.36. The Morgan fingerprint density at radius 2 is 1.66 bits per heavy atom. The second-order valence-corrected chi connectivity index (χ2v) is 8.06. The van der Waals surface area contributed by atoms with Crippen molar-refractivity contribution in [2.45, 2.75) is 31.5 Å². The zero-order valence-corrected chi connectivity index (χ0v) is 16.7. The van der Waals surface area contributed by atoms with Crippen LogP contribution in [0.1, 0.15) is 24.0 Å². The van der Waals surface area contributed by atoms with E-state index in [-0.39, 0.29) is 5.91 Å². The molecule has 1 spiro atoms. The minimum Gasteiger partial charge on any atom is -0.335 e. The molecule has 2 aliphatic heterocycles. The molecule has 5 nitrogen and oxygen atoms in total. The first kappa shape index (κ1) is 19.9. The maximum atomic E-state index is 13.5. The van der Waals surface area contributed by atoms with Crippen LogP contribution in [0.3, 0.4) is 0 Å². The molecule has 2 aliphatic rings. The highest BCUT2D eigenvalue weighted by Crippen LogP contribution is 2.34. The maximum absolute atomic E-state index is 13.5. The van der Waals surface area contributed by atoms with Crippen LogP contribution >= 0.6 is 0 Å². The fourth-order valence-corrected chi connectivity index (χ4v) is 4.48. The van der Waals surface area contributed by atoms with Crippen molar-refractivity contribution in [2.24, 2.45) is 0 Å². The number of benzene rings is 1. The fourth-order valence-electron chi connectivity index (χ4n) is 4.48. The van der Waals surface area contributed by atoms with Gasteiger partial charge in [0.2, 0.25) is 5.91 Å². The molecular formula is C22H26F2N4O. The van der Waals surface area contributed by atoms with Gasteiger partial charge < -0.3 is 4.90 Å². The zero-order chi connectivity index (χ0) is 20.4. The number of likely N-dealkylation sites (N-methyl/N-ethyl adjacent to an activating group) is 1. The first-order chi connectivity index (χ1) is 14.0. The number of halogens is 2. The van der Waals surface area contributed by atoms with E-state index in [9.17, 15) is 13.6 Å². The zero-order valence-electron chi connectivity index (χ0n) is 16.7. The van der Waals surface area contributed by atoms with Crippen LogP contribution in [0, 0.1) is 11.6 Å². The van der Waals surface area contributed by atoms with E-state index < -0.39 is 17.2 Å². The number of carbonyl (C=O) groups is 1. The maximum Gasteiger partial charge on any atom is 0.243 e. The fraction of sp³-hybridized carbons (Fsp3) is 0.455. The summed E-state index contributed by atoms with van der Waals surface area (Å²) in [4.78, 5) is 23.8. The molecule has 7 heteroatoms. The van der Waals surface area contributed by atoms with E-state index in [1.807, 2.05) is 24.1 Å². The van der Waals surface area contributed by atoms with Crippen LogP contribution in [-0.2, 0) is 17.9 Å². The largest absolute Gasteiger partial charge is 0.335 e. The van der Waals surface area contributed by atoms with Gasteiger partial charge in [-0.15, -0.1) is 0 Å². The van der Waals surface area contributed by atoms with Crippen LogP contribution in [0.2, 0.25) is 0 Å². The van der Waals surface area contributed by atoms with E-state index >= 15 is 0 Å². The van der Waals surface area contributed by atoms with Crippen molar-refractivity contribution in [3.05, 3.63) is 65.5 Å². The molecule has 154 valence electrons. The third-order valence-electron chi connectivity index (χ3n) is 6.32. The summed E-state index contributed by atoms with van der Waals surface area (Å²) in [5, 5.41) is 0. The number of hydrogen-bond acceptors (Lipinski definition) is 4. The van der Waals surface area contributed by atoms with Gasteiger partial charge in [0, 0.05) is 51.7 Å². The second kappa shape index (κ2) is 8.16. The Bertz CT molecular complexity index is 868. The molecule has 0 radical (unpaired) electrons. The van der Waals surface area contributed by atoms with Gasteiger partial charge in [0.15, 0.2) is 11.6 Å². The molecule has 0 unspecified atom stereocenters. The summed E-state index contributed by atoms with van der Waals surface area (Å²) in [5.74, 6) is -1.45. The number of hydrogen-bond donors (Lipinski definition) is 0. The van der Waals surface area contributed by atoms with E-state index in [0.29, 0.717) is 13.1 Å². The molecule has 2 saturated heterocycles. The summed E-state index contributed by atoms with van der Waals surface area (Å²) < 4.78 is 26.6. The first-order valence-corrected chi connectivity index (χ1v) is 10.0. The molecule has 29 heavy (non-hydrogen) atoms. The third kappa shape index (κ3) is 4.02. The lowest BCUT2D eigenvalue weighted by atomic mass is 9.82. The van der Waals surface area contributed by atoms with Crippen molar-refractivity contribution in [3.63, 3.8) is 0 Å². The predicted octanol–water partition coefficient (Wildman–Crippen LogP) is 2.67. The average molecular weight is 400 g/mol. The highest BCUT2D eigenvalue weighted by atomic mass is 19.2. The van der Waals surface area contributed by atoms with Crippen molar-refractivity contribution in [3.8, 4) is 0 Å². The first-order valence-electron chi connectivity index (χ1n) is 10.0. The molecule has 3 heterocycles. The Hall–Kier alpha value is -2.38. The van der Waals surface area contributed by atoms with Gasteiger partial charge in [-0.05, 0) is 55.3 Å². The van der Waals surface area contributed by atoms with Crippen molar-refractivity contribution in [2.75, 3.05) is 33.2 Å². The molecule has 0 atom stereocenters. The van der Waals surface area contributed by atoms with Crippen LogP contribution < -0.4 is 0 Å². The van der Waals surface area contributed by atoms with Crippen LogP contribution in [0.5, 0.6) is 0 Å². The normalized spacial score (nSPS) is 20.4. The van der Waals surface area contributed by atoms with E-state index in [2.05, 4.69) is 14.8 Å². The second-order valence-electron chi connectivity index (χ2n) is 8.06. The number of likely N-dealkylation sites (tertiary alicyclic amines) is 1. The van der Waals surface area contributed by atoms with Crippen LogP contribution in [0.15, 0.2) is 42.7 Å². The van der Waals surface area contributed by atoms with Crippen LogP contribution in [0.25, 0.3) is 0 Å². The van der Waals surface area contributed by atoms with Crippen molar-refractivity contribution in [1.82, 2.24) is 19.7 Å². The minimum atomic E-state index is -0.824. The summed E-state index contributed by atoms with van der Waals surface area (Å²) in [6.07, 6.45) is 4.97. The lowest BCUT2D eigenvalue weighted by Crippen LogP contribution is -2.67. The number of carbonyl (C=O) groups excluding carboxylic acids is 1. The third-order valence-corrected chi connectivity index (χ3v) is 6.32. The Balaban J connectivity index is 1.42.